The molecule has 1 fully saturated rings. The number of rotatable bonds is 2. The Labute approximate surface area is 178 Å². The van der Waals surface area contributed by atoms with E-state index in [1.165, 1.54) is 0 Å². The van der Waals surface area contributed by atoms with E-state index in [0.717, 1.165) is 29.7 Å². The Kier molecular flexibility index (Phi) is 4.66. The lowest BCUT2D eigenvalue weighted by molar-refractivity contribution is 0.155. The molecule has 10 nitrogen and oxygen atoms in total. The molecule has 1 aromatic carbocycles. The first kappa shape index (κ1) is 19.2. The Balaban J connectivity index is 1.51. The third-order valence-electron chi connectivity index (χ3n) is 6.20. The summed E-state index contributed by atoms with van der Waals surface area (Å²) in [5.74, 6) is 0.537. The van der Waals surface area contributed by atoms with Crippen LogP contribution >= 0.6 is 0 Å². The topological polar surface area (TPSA) is 108 Å². The average Bonchev–Trinajstić information content (AvgIpc) is 3.46. The molecule has 0 radical (unpaired) electrons. The van der Waals surface area contributed by atoms with Gasteiger partial charge in [0.2, 0.25) is 0 Å². The summed E-state index contributed by atoms with van der Waals surface area (Å²) in [4.78, 5) is 24.6. The molecule has 2 atom stereocenters. The molecule has 31 heavy (non-hydrogen) atoms. The van der Waals surface area contributed by atoms with Crippen LogP contribution in [0, 0.1) is 12.5 Å². The highest BCUT2D eigenvalue weighted by atomic mass is 16.6. The highest BCUT2D eigenvalue weighted by Gasteiger charge is 2.45. The van der Waals surface area contributed by atoms with Gasteiger partial charge in [-0.3, -0.25) is 5.10 Å². The van der Waals surface area contributed by atoms with Crippen LogP contribution in [-0.4, -0.2) is 75.3 Å². The van der Waals surface area contributed by atoms with Crippen molar-refractivity contribution in [3.05, 3.63) is 46.9 Å². The van der Waals surface area contributed by atoms with Crippen LogP contribution in [0.5, 0.6) is 0 Å². The molecule has 3 aromatic rings. The van der Waals surface area contributed by atoms with Crippen LogP contribution in [0.25, 0.3) is 15.9 Å². The van der Waals surface area contributed by atoms with E-state index < -0.39 is 6.04 Å². The minimum atomic E-state index is -0.478. The number of carbonyl (C=O) groups is 1. The fourth-order valence-electron chi connectivity index (χ4n) is 4.68. The van der Waals surface area contributed by atoms with Gasteiger partial charge in [0, 0.05) is 38.7 Å². The number of fused-ring (bicyclic) bond motifs is 2. The van der Waals surface area contributed by atoms with E-state index in [1.54, 1.807) is 25.2 Å². The summed E-state index contributed by atoms with van der Waals surface area (Å²) in [6, 6.07) is 5.25. The number of carbonyl (C=O) groups excluding carboxylic acids is 1. The Morgan fingerprint density at radius 1 is 1.26 bits per heavy atom. The molecule has 0 saturated carbocycles. The van der Waals surface area contributed by atoms with E-state index in [2.05, 4.69) is 25.4 Å². The van der Waals surface area contributed by atoms with Crippen LogP contribution in [0.4, 0.5) is 10.6 Å². The molecule has 2 aliphatic heterocycles. The number of aromatic nitrogens is 4. The van der Waals surface area contributed by atoms with Crippen molar-refractivity contribution >= 4 is 28.6 Å². The number of piperidine rings is 1. The van der Waals surface area contributed by atoms with Gasteiger partial charge in [-0.25, -0.2) is 21.0 Å². The summed E-state index contributed by atoms with van der Waals surface area (Å²) >= 11 is 0. The number of nitrogens with zero attached hydrogens (tertiary/aromatic N) is 7. The molecule has 2 aliphatic rings. The van der Waals surface area contributed by atoms with Crippen molar-refractivity contribution in [1.82, 2.24) is 30.3 Å². The molecular weight excluding hydrogens is 396 g/mol. The summed E-state index contributed by atoms with van der Waals surface area (Å²) in [7, 11) is 3.52. The van der Waals surface area contributed by atoms with Crippen LogP contribution in [0.15, 0.2) is 34.0 Å². The van der Waals surface area contributed by atoms with Gasteiger partial charge in [0.15, 0.2) is 5.82 Å². The highest BCUT2D eigenvalue weighted by Crippen LogP contribution is 2.43. The van der Waals surface area contributed by atoms with Crippen LogP contribution in [0.2, 0.25) is 0 Å². The van der Waals surface area contributed by atoms with Gasteiger partial charge in [-0.2, -0.15) is 5.10 Å². The van der Waals surface area contributed by atoms with Crippen LogP contribution in [-0.2, 0) is 0 Å². The summed E-state index contributed by atoms with van der Waals surface area (Å²) in [5, 5.41) is 15.2. The zero-order chi connectivity index (χ0) is 21.5. The lowest BCUT2D eigenvalue weighted by Crippen LogP contribution is -2.46. The smallest absolute Gasteiger partial charge is 0.319 e. The SMILES string of the molecule is [C-]#[N+]C1C(C2CCN(C(=O)N(C)C)CC2)=Nc2[nH]ncc2C1c1cccc2nonc12. The zero-order valence-corrected chi connectivity index (χ0v) is 17.3. The molecule has 5 rings (SSSR count). The molecule has 2 unspecified atom stereocenters. The molecule has 0 aliphatic carbocycles. The first-order chi connectivity index (χ1) is 15.1. The minimum Gasteiger partial charge on any atom is -0.331 e. The molecule has 0 bridgehead atoms. The first-order valence-electron chi connectivity index (χ1n) is 10.2. The van der Waals surface area contributed by atoms with Crippen molar-refractivity contribution < 1.29 is 9.42 Å². The number of nitrogens with one attached hydrogen (secondary N) is 1. The lowest BCUT2D eigenvalue weighted by atomic mass is 9.76. The Morgan fingerprint density at radius 3 is 2.81 bits per heavy atom. The summed E-state index contributed by atoms with van der Waals surface area (Å²) in [6.45, 7) is 9.33. The number of aromatic amines is 1. The van der Waals surface area contributed by atoms with Crippen molar-refractivity contribution in [2.24, 2.45) is 10.9 Å². The number of aliphatic imine (C=N–C) groups is 1. The van der Waals surface area contributed by atoms with Crippen molar-refractivity contribution in [2.45, 2.75) is 24.8 Å². The average molecular weight is 418 g/mol. The Bertz CT molecular complexity index is 1200. The first-order valence-corrected chi connectivity index (χ1v) is 10.2. The predicted molar refractivity (Wildman–Crippen MR) is 113 cm³/mol. The van der Waals surface area contributed by atoms with Gasteiger partial charge in [0.25, 0.3) is 6.04 Å². The second kappa shape index (κ2) is 7.50. The second-order valence-corrected chi connectivity index (χ2v) is 8.18. The van der Waals surface area contributed by atoms with Gasteiger partial charge >= 0.3 is 6.03 Å². The van der Waals surface area contributed by atoms with E-state index in [4.69, 9.17) is 16.2 Å². The maximum absolute atomic E-state index is 12.3. The fraction of sp³-hybridized carbons (Fsp3) is 0.429. The van der Waals surface area contributed by atoms with Gasteiger partial charge in [0.1, 0.15) is 16.7 Å². The van der Waals surface area contributed by atoms with Gasteiger partial charge in [-0.05, 0) is 34.8 Å². The molecule has 0 spiro atoms. The maximum Gasteiger partial charge on any atom is 0.319 e. The Morgan fingerprint density at radius 2 is 2.06 bits per heavy atom. The van der Waals surface area contributed by atoms with Gasteiger partial charge < -0.3 is 14.6 Å². The van der Waals surface area contributed by atoms with Gasteiger partial charge in [-0.15, -0.1) is 0 Å². The molecule has 4 heterocycles. The van der Waals surface area contributed by atoms with E-state index >= 15 is 0 Å². The van der Waals surface area contributed by atoms with Crippen LogP contribution in [0.1, 0.15) is 29.9 Å². The number of likely N-dealkylation sites (tertiary alicyclic amines) is 1. The number of amides is 2. The predicted octanol–water partition coefficient (Wildman–Crippen LogP) is 2.85. The molecule has 1 saturated heterocycles. The summed E-state index contributed by atoms with van der Waals surface area (Å²) in [5.41, 5.74) is 3.92. The van der Waals surface area contributed by atoms with Crippen molar-refractivity contribution in [2.75, 3.05) is 27.2 Å². The molecular formula is C21H22N8O2. The number of H-pyrrole nitrogens is 1. The minimum absolute atomic E-state index is 0.0182. The number of hydrogen-bond donors (Lipinski definition) is 1. The maximum atomic E-state index is 12.3. The lowest BCUT2D eigenvalue weighted by Gasteiger charge is -2.35. The summed E-state index contributed by atoms with van der Waals surface area (Å²) in [6.07, 6.45) is 3.29. The fourth-order valence-corrected chi connectivity index (χ4v) is 4.68. The van der Waals surface area contributed by atoms with E-state index in [9.17, 15) is 4.79 Å². The van der Waals surface area contributed by atoms with Crippen molar-refractivity contribution in [3.63, 3.8) is 0 Å². The van der Waals surface area contributed by atoms with Crippen molar-refractivity contribution in [3.8, 4) is 0 Å². The third kappa shape index (κ3) is 3.13. The number of urea groups is 1. The monoisotopic (exact) mass is 418 g/mol. The molecule has 2 aromatic heterocycles. The number of hydrogen-bond acceptors (Lipinski definition) is 6. The zero-order valence-electron chi connectivity index (χ0n) is 17.3. The standard InChI is InChI=1S/C21H22N8O2/c1-22-19-16(13-5-4-6-15-18(13)27-31-26-15)14-11-23-25-20(14)24-17(19)12-7-9-29(10-8-12)21(30)28(2)3/h4-6,11-12,16,19H,7-10H2,2-3H3,(H,23,25). The molecule has 158 valence electrons. The van der Waals surface area contributed by atoms with Crippen molar-refractivity contribution in [1.29, 1.82) is 0 Å². The second-order valence-electron chi connectivity index (χ2n) is 8.18. The van der Waals surface area contributed by atoms with Gasteiger partial charge in [-0.1, -0.05) is 12.1 Å². The highest BCUT2D eigenvalue weighted by molar-refractivity contribution is 5.99. The quantitative estimate of drug-likeness (QED) is 0.644. The van der Waals surface area contributed by atoms with Gasteiger partial charge in [0.05, 0.1) is 12.1 Å². The van der Waals surface area contributed by atoms with E-state index in [0.29, 0.717) is 29.9 Å². The molecule has 1 N–H and O–H groups in total. The normalized spacial score (nSPS) is 21.5. The molecule has 10 heteroatoms. The Hall–Kier alpha value is -3.74. The number of benzene rings is 1. The molecule has 2 amide bonds. The van der Waals surface area contributed by atoms with Crippen LogP contribution < -0.4 is 0 Å². The third-order valence-corrected chi connectivity index (χ3v) is 6.20. The van der Waals surface area contributed by atoms with Crippen LogP contribution in [0.3, 0.4) is 0 Å². The van der Waals surface area contributed by atoms with E-state index in [1.807, 2.05) is 23.1 Å². The largest absolute Gasteiger partial charge is 0.331 e. The summed E-state index contributed by atoms with van der Waals surface area (Å²) < 4.78 is 4.96. The van der Waals surface area contributed by atoms with E-state index in [-0.39, 0.29) is 17.9 Å².